The quantitative estimate of drug-likeness (QED) is 0.735. The van der Waals surface area contributed by atoms with Gasteiger partial charge < -0.3 is 10.6 Å². The summed E-state index contributed by atoms with van der Waals surface area (Å²) in [5.41, 5.74) is 1.14. The van der Waals surface area contributed by atoms with E-state index in [2.05, 4.69) is 27.9 Å². The molecule has 2 aliphatic rings. The van der Waals surface area contributed by atoms with Crippen LogP contribution in [0.25, 0.3) is 0 Å². The number of carbonyl (C=O) groups is 1. The van der Waals surface area contributed by atoms with Crippen LogP contribution in [0.1, 0.15) is 49.5 Å². The number of nitrogens with zero attached hydrogens (tertiary/aromatic N) is 3. The Morgan fingerprint density at radius 1 is 1.22 bits per heavy atom. The van der Waals surface area contributed by atoms with Crippen LogP contribution in [0.2, 0.25) is 0 Å². The number of carbonyl (C=O) groups excluding carboxylic acids is 1. The van der Waals surface area contributed by atoms with Crippen molar-refractivity contribution in [2.45, 2.75) is 57.7 Å². The van der Waals surface area contributed by atoms with Crippen LogP contribution in [0, 0.1) is 5.92 Å². The number of aromatic nitrogens is 3. The lowest BCUT2D eigenvalue weighted by atomic mass is 10.0. The maximum absolute atomic E-state index is 12.3. The predicted octanol–water partition coefficient (Wildman–Crippen LogP) is 2.22. The molecule has 2 heterocycles. The fourth-order valence-corrected chi connectivity index (χ4v) is 3.78. The Morgan fingerprint density at radius 2 is 2.04 bits per heavy atom. The molecule has 2 N–H and O–H groups in total. The average Bonchev–Trinajstić information content (AvgIpc) is 3.49. The van der Waals surface area contributed by atoms with Crippen molar-refractivity contribution in [1.29, 1.82) is 0 Å². The predicted molar refractivity (Wildman–Crippen MR) is 102 cm³/mol. The maximum atomic E-state index is 12.3. The zero-order valence-electron chi connectivity index (χ0n) is 15.6. The maximum Gasteiger partial charge on any atom is 0.345 e. The Kier molecular flexibility index (Phi) is 5.27. The van der Waals surface area contributed by atoms with Crippen LogP contribution in [0.15, 0.2) is 35.1 Å². The van der Waals surface area contributed by atoms with Crippen LogP contribution < -0.4 is 16.3 Å². The van der Waals surface area contributed by atoms with E-state index in [0.717, 1.165) is 50.0 Å². The summed E-state index contributed by atoms with van der Waals surface area (Å²) in [4.78, 5) is 24.6. The van der Waals surface area contributed by atoms with Gasteiger partial charge in [0.05, 0.1) is 6.04 Å². The van der Waals surface area contributed by atoms with Crippen molar-refractivity contribution in [1.82, 2.24) is 25.0 Å². The molecule has 27 heavy (non-hydrogen) atoms. The van der Waals surface area contributed by atoms with Gasteiger partial charge in [0.1, 0.15) is 5.82 Å². The summed E-state index contributed by atoms with van der Waals surface area (Å²) in [6.45, 7) is 1.83. The van der Waals surface area contributed by atoms with E-state index < -0.39 is 0 Å². The molecule has 0 spiro atoms. The SMILES string of the molecule is O=C(NCCCn1nc2n(c1=O)CCCC2)NC(c1ccccc1)C1CC1. The lowest BCUT2D eigenvalue weighted by Gasteiger charge is -2.19. The summed E-state index contributed by atoms with van der Waals surface area (Å²) in [6.07, 6.45) is 6.03. The number of rotatable bonds is 7. The molecule has 2 amide bonds. The number of amides is 2. The van der Waals surface area contributed by atoms with Gasteiger partial charge in [-0.1, -0.05) is 30.3 Å². The molecule has 0 bridgehead atoms. The van der Waals surface area contributed by atoms with Crippen LogP contribution >= 0.6 is 0 Å². The Bertz CT molecular complexity index is 838. The number of hydrogen-bond acceptors (Lipinski definition) is 3. The topological polar surface area (TPSA) is 81.0 Å². The van der Waals surface area contributed by atoms with Crippen LogP contribution in [0.3, 0.4) is 0 Å². The van der Waals surface area contributed by atoms with E-state index >= 15 is 0 Å². The number of fused-ring (bicyclic) bond motifs is 1. The third-order valence-electron chi connectivity index (χ3n) is 5.40. The zero-order valence-corrected chi connectivity index (χ0v) is 15.6. The van der Waals surface area contributed by atoms with Crippen molar-refractivity contribution in [2.24, 2.45) is 5.92 Å². The van der Waals surface area contributed by atoms with Gasteiger partial charge in [0.2, 0.25) is 0 Å². The molecule has 1 aliphatic heterocycles. The highest BCUT2D eigenvalue weighted by molar-refractivity contribution is 5.74. The first-order valence-electron chi connectivity index (χ1n) is 9.98. The highest BCUT2D eigenvalue weighted by atomic mass is 16.2. The largest absolute Gasteiger partial charge is 0.345 e. The highest BCUT2D eigenvalue weighted by Crippen LogP contribution is 2.40. The van der Waals surface area contributed by atoms with Crippen LogP contribution in [0.5, 0.6) is 0 Å². The standard InChI is InChI=1S/C20H27N5O2/c26-19(22-18(16-10-11-16)15-7-2-1-3-8-15)21-12-6-14-25-20(27)24-13-5-4-9-17(24)23-25/h1-3,7-8,16,18H,4-6,9-14H2,(H2,21,22,26). The fourth-order valence-electron chi connectivity index (χ4n) is 3.78. The lowest BCUT2D eigenvalue weighted by molar-refractivity contribution is 0.235. The average molecular weight is 369 g/mol. The molecule has 1 unspecified atom stereocenters. The van der Waals surface area contributed by atoms with Crippen molar-refractivity contribution >= 4 is 6.03 Å². The molecule has 4 rings (SSSR count). The molecule has 1 fully saturated rings. The number of aryl methyl sites for hydroxylation is 2. The third-order valence-corrected chi connectivity index (χ3v) is 5.40. The second-order valence-electron chi connectivity index (χ2n) is 7.51. The number of nitrogens with one attached hydrogen (secondary N) is 2. The molecule has 1 aliphatic carbocycles. The van der Waals surface area contributed by atoms with Gasteiger partial charge >= 0.3 is 11.7 Å². The minimum Gasteiger partial charge on any atom is -0.338 e. The lowest BCUT2D eigenvalue weighted by Crippen LogP contribution is -2.39. The second kappa shape index (κ2) is 7.98. The molecule has 0 radical (unpaired) electrons. The van der Waals surface area contributed by atoms with E-state index in [4.69, 9.17) is 0 Å². The van der Waals surface area contributed by atoms with Crippen LogP contribution in [0.4, 0.5) is 4.79 Å². The van der Waals surface area contributed by atoms with Crippen LogP contribution in [-0.2, 0) is 19.5 Å². The van der Waals surface area contributed by atoms with E-state index in [1.807, 2.05) is 18.2 Å². The molecule has 2 aromatic rings. The van der Waals surface area contributed by atoms with Gasteiger partial charge in [0.25, 0.3) is 0 Å². The molecule has 7 heteroatoms. The molecule has 1 aromatic carbocycles. The Morgan fingerprint density at radius 3 is 2.78 bits per heavy atom. The van der Waals surface area contributed by atoms with E-state index in [0.29, 0.717) is 25.4 Å². The highest BCUT2D eigenvalue weighted by Gasteiger charge is 2.33. The molecule has 0 saturated heterocycles. The summed E-state index contributed by atoms with van der Waals surface area (Å²) in [6, 6.07) is 10.1. The van der Waals surface area contributed by atoms with Gasteiger partial charge in [-0.05, 0) is 43.6 Å². The summed E-state index contributed by atoms with van der Waals surface area (Å²) >= 11 is 0. The summed E-state index contributed by atoms with van der Waals surface area (Å²) < 4.78 is 3.32. The van der Waals surface area contributed by atoms with Crippen molar-refractivity contribution in [3.8, 4) is 0 Å². The van der Waals surface area contributed by atoms with E-state index in [-0.39, 0.29) is 17.8 Å². The number of benzene rings is 1. The van der Waals surface area contributed by atoms with Gasteiger partial charge in [-0.3, -0.25) is 4.57 Å². The summed E-state index contributed by atoms with van der Waals surface area (Å²) in [5.74, 6) is 1.43. The third kappa shape index (κ3) is 4.23. The van der Waals surface area contributed by atoms with Crippen molar-refractivity contribution < 1.29 is 4.79 Å². The summed E-state index contributed by atoms with van der Waals surface area (Å²) in [5, 5.41) is 10.4. The molecule has 1 aromatic heterocycles. The van der Waals surface area contributed by atoms with E-state index in [1.165, 1.54) is 4.68 Å². The normalized spacial score (nSPS) is 17.2. The second-order valence-corrected chi connectivity index (χ2v) is 7.51. The number of urea groups is 1. The van der Waals surface area contributed by atoms with Gasteiger partial charge in [-0.15, -0.1) is 0 Å². The molecular formula is C20H27N5O2. The van der Waals surface area contributed by atoms with E-state index in [1.54, 1.807) is 4.57 Å². The van der Waals surface area contributed by atoms with Gasteiger partial charge in [0.15, 0.2) is 0 Å². The van der Waals surface area contributed by atoms with Gasteiger partial charge in [-0.25, -0.2) is 14.3 Å². The fraction of sp³-hybridized carbons (Fsp3) is 0.550. The monoisotopic (exact) mass is 369 g/mol. The zero-order chi connectivity index (χ0) is 18.6. The number of hydrogen-bond donors (Lipinski definition) is 2. The Labute approximate surface area is 158 Å². The van der Waals surface area contributed by atoms with Gasteiger partial charge in [0, 0.05) is 26.1 Å². The minimum atomic E-state index is -0.146. The molecule has 1 saturated carbocycles. The molecule has 144 valence electrons. The van der Waals surface area contributed by atoms with Crippen LogP contribution in [-0.4, -0.2) is 26.9 Å². The van der Waals surface area contributed by atoms with Crippen molar-refractivity contribution in [3.05, 3.63) is 52.2 Å². The minimum absolute atomic E-state index is 0.0213. The smallest absolute Gasteiger partial charge is 0.338 e. The Hall–Kier alpha value is -2.57. The first-order valence-corrected chi connectivity index (χ1v) is 9.98. The van der Waals surface area contributed by atoms with Crippen molar-refractivity contribution in [2.75, 3.05) is 6.54 Å². The Balaban J connectivity index is 1.25. The van der Waals surface area contributed by atoms with Crippen molar-refractivity contribution in [3.63, 3.8) is 0 Å². The first-order chi connectivity index (χ1) is 13.2. The summed E-state index contributed by atoms with van der Waals surface area (Å²) in [7, 11) is 0. The molecule has 1 atom stereocenters. The molecular weight excluding hydrogens is 342 g/mol. The molecule has 7 nitrogen and oxygen atoms in total. The van der Waals surface area contributed by atoms with Gasteiger partial charge in [-0.2, -0.15) is 5.10 Å². The first kappa shape index (κ1) is 17.8. The van der Waals surface area contributed by atoms with E-state index in [9.17, 15) is 9.59 Å².